The third-order valence-electron chi connectivity index (χ3n) is 4.36. The van der Waals surface area contributed by atoms with E-state index in [0.717, 1.165) is 13.8 Å². The molecule has 5 atom stereocenters. The van der Waals surface area contributed by atoms with Crippen LogP contribution in [-0.4, -0.2) is 80.8 Å². The van der Waals surface area contributed by atoms with Crippen molar-refractivity contribution in [1.82, 2.24) is 5.32 Å². The van der Waals surface area contributed by atoms with Crippen LogP contribution in [0, 0.1) is 0 Å². The van der Waals surface area contributed by atoms with E-state index in [0.29, 0.717) is 12.8 Å². The number of unbranched alkanes of at least 4 members (excludes halogenated alkanes) is 1. The zero-order valence-corrected chi connectivity index (χ0v) is 18.9. The van der Waals surface area contributed by atoms with Gasteiger partial charge in [-0.1, -0.05) is 0 Å². The summed E-state index contributed by atoms with van der Waals surface area (Å²) in [5, 5.41) is 2.60. The van der Waals surface area contributed by atoms with Crippen LogP contribution in [0.4, 0.5) is 0 Å². The average molecular weight is 461 g/mol. The van der Waals surface area contributed by atoms with Crippen molar-refractivity contribution in [3.8, 4) is 0 Å². The quantitative estimate of drug-likeness (QED) is 0.251. The number of hydrogen-bond donors (Lipinski definition) is 1. The van der Waals surface area contributed by atoms with E-state index in [-0.39, 0.29) is 25.6 Å². The smallest absolute Gasteiger partial charge is 0.305 e. The molecule has 4 unspecified atom stereocenters. The van der Waals surface area contributed by atoms with Crippen molar-refractivity contribution in [3.05, 3.63) is 0 Å². The minimum absolute atomic E-state index is 0.142. The Morgan fingerprint density at radius 2 is 1.50 bits per heavy atom. The van der Waals surface area contributed by atoms with Crippen LogP contribution >= 0.6 is 0 Å². The Bertz CT molecular complexity index is 680. The molecule has 0 bridgehead atoms. The van der Waals surface area contributed by atoms with Gasteiger partial charge in [0.2, 0.25) is 5.91 Å². The van der Waals surface area contributed by atoms with Gasteiger partial charge in [0.25, 0.3) is 0 Å². The molecule has 1 heterocycles. The summed E-state index contributed by atoms with van der Waals surface area (Å²) in [5.41, 5.74) is 0. The van der Waals surface area contributed by atoms with Crippen LogP contribution in [0.25, 0.3) is 0 Å². The van der Waals surface area contributed by atoms with Crippen molar-refractivity contribution in [1.29, 1.82) is 0 Å². The summed E-state index contributed by atoms with van der Waals surface area (Å²) in [4.78, 5) is 57.8. The van der Waals surface area contributed by atoms with E-state index in [4.69, 9.17) is 23.7 Å². The molecule has 1 N–H and O–H groups in total. The fraction of sp³-hybridized carbons (Fsp3) is 0.750. The second-order valence-electron chi connectivity index (χ2n) is 7.12. The molecule has 1 saturated heterocycles. The minimum atomic E-state index is -1.17. The third kappa shape index (κ3) is 9.60. The molecule has 1 rings (SSSR count). The standard InChI is InChI=1S/C20H31NO11/c1-11(22)21-17-19(31-14(4)25)18(30-13(3)24)15(10-29-12(2)23)32-20(17)28-9-7-6-8-16(26)27-5/h15,17-20H,6-10H2,1-5H3,(H,21,22)/t15?,17?,18?,19?,20-/m1/s1. The zero-order valence-electron chi connectivity index (χ0n) is 18.9. The van der Waals surface area contributed by atoms with E-state index in [1.54, 1.807) is 0 Å². The molecule has 0 aromatic heterocycles. The van der Waals surface area contributed by atoms with Crippen molar-refractivity contribution in [2.24, 2.45) is 0 Å². The van der Waals surface area contributed by atoms with Gasteiger partial charge in [-0.05, 0) is 12.8 Å². The number of rotatable bonds is 11. The first-order valence-corrected chi connectivity index (χ1v) is 10.1. The highest BCUT2D eigenvalue weighted by Gasteiger charge is 2.51. The van der Waals surface area contributed by atoms with Gasteiger partial charge in [0.15, 0.2) is 18.5 Å². The maximum Gasteiger partial charge on any atom is 0.305 e. The number of esters is 4. The van der Waals surface area contributed by atoms with Crippen molar-refractivity contribution in [3.63, 3.8) is 0 Å². The van der Waals surface area contributed by atoms with E-state index >= 15 is 0 Å². The van der Waals surface area contributed by atoms with Gasteiger partial charge in [0.1, 0.15) is 18.8 Å². The SMILES string of the molecule is COC(=O)CCCCO[C@@H]1OC(COC(C)=O)C(OC(C)=O)C(OC(C)=O)C1NC(C)=O. The van der Waals surface area contributed by atoms with Crippen LogP contribution in [0.1, 0.15) is 47.0 Å². The van der Waals surface area contributed by atoms with Crippen LogP contribution in [0.2, 0.25) is 0 Å². The first kappa shape index (κ1) is 27.3. The Kier molecular flexibility index (Phi) is 11.6. The molecule has 1 aliphatic heterocycles. The normalized spacial score (nSPS) is 24.7. The summed E-state index contributed by atoms with van der Waals surface area (Å²) in [7, 11) is 1.30. The molecule has 32 heavy (non-hydrogen) atoms. The molecule has 0 saturated carbocycles. The second-order valence-corrected chi connectivity index (χ2v) is 7.12. The molecule has 1 amide bonds. The van der Waals surface area contributed by atoms with Crippen LogP contribution in [0.15, 0.2) is 0 Å². The highest BCUT2D eigenvalue weighted by Crippen LogP contribution is 2.28. The van der Waals surface area contributed by atoms with Crippen LogP contribution in [-0.2, 0) is 52.4 Å². The number of amides is 1. The van der Waals surface area contributed by atoms with Crippen molar-refractivity contribution in [2.75, 3.05) is 20.3 Å². The first-order valence-electron chi connectivity index (χ1n) is 10.1. The fourth-order valence-electron chi connectivity index (χ4n) is 3.11. The number of carbonyl (C=O) groups is 5. The monoisotopic (exact) mass is 461 g/mol. The van der Waals surface area contributed by atoms with Crippen molar-refractivity contribution in [2.45, 2.75) is 77.6 Å². The van der Waals surface area contributed by atoms with Crippen LogP contribution in [0.3, 0.4) is 0 Å². The van der Waals surface area contributed by atoms with E-state index in [2.05, 4.69) is 10.1 Å². The first-order chi connectivity index (χ1) is 15.0. The van der Waals surface area contributed by atoms with Gasteiger partial charge in [-0.3, -0.25) is 24.0 Å². The number of hydrogen-bond acceptors (Lipinski definition) is 11. The maximum atomic E-state index is 11.8. The number of nitrogens with one attached hydrogen (secondary N) is 1. The van der Waals surface area contributed by atoms with Gasteiger partial charge >= 0.3 is 23.9 Å². The lowest BCUT2D eigenvalue weighted by Crippen LogP contribution is -2.66. The van der Waals surface area contributed by atoms with E-state index in [9.17, 15) is 24.0 Å². The largest absolute Gasteiger partial charge is 0.469 e. The number of methoxy groups -OCH3 is 1. The number of ether oxygens (including phenoxy) is 6. The Morgan fingerprint density at radius 1 is 0.875 bits per heavy atom. The maximum absolute atomic E-state index is 11.8. The lowest BCUT2D eigenvalue weighted by atomic mass is 9.96. The van der Waals surface area contributed by atoms with Gasteiger partial charge in [-0.2, -0.15) is 0 Å². The summed E-state index contributed by atoms with van der Waals surface area (Å²) in [6.45, 7) is 4.61. The molecule has 12 heteroatoms. The predicted molar refractivity (Wildman–Crippen MR) is 106 cm³/mol. The van der Waals surface area contributed by atoms with E-state index in [1.807, 2.05) is 0 Å². The molecule has 1 fully saturated rings. The van der Waals surface area contributed by atoms with Crippen molar-refractivity contribution >= 4 is 29.8 Å². The fourth-order valence-corrected chi connectivity index (χ4v) is 3.11. The third-order valence-corrected chi connectivity index (χ3v) is 4.36. The topological polar surface area (TPSA) is 153 Å². The van der Waals surface area contributed by atoms with Gasteiger partial charge in [0.05, 0.1) is 7.11 Å². The zero-order chi connectivity index (χ0) is 24.3. The minimum Gasteiger partial charge on any atom is -0.469 e. The van der Waals surface area contributed by atoms with E-state index in [1.165, 1.54) is 21.0 Å². The summed E-state index contributed by atoms with van der Waals surface area (Å²) in [6.07, 6.45) is -3.32. The molecule has 12 nitrogen and oxygen atoms in total. The Morgan fingerprint density at radius 3 is 2.03 bits per heavy atom. The molecule has 0 radical (unpaired) electrons. The summed E-state index contributed by atoms with van der Waals surface area (Å²) < 4.78 is 31.9. The molecule has 0 aromatic rings. The van der Waals surface area contributed by atoms with E-state index < -0.39 is 54.5 Å². The lowest BCUT2D eigenvalue weighted by Gasteiger charge is -2.44. The Labute approximate surface area is 186 Å². The molecular formula is C20H31NO11. The second kappa shape index (κ2) is 13.6. The van der Waals surface area contributed by atoms with Crippen LogP contribution < -0.4 is 5.32 Å². The highest BCUT2D eigenvalue weighted by molar-refractivity contribution is 5.73. The average Bonchev–Trinajstić information content (AvgIpc) is 2.69. The summed E-state index contributed by atoms with van der Waals surface area (Å²) in [5.74, 6) is -2.78. The van der Waals surface area contributed by atoms with Crippen LogP contribution in [0.5, 0.6) is 0 Å². The Hall–Kier alpha value is -2.73. The molecule has 1 aliphatic rings. The predicted octanol–water partition coefficient (Wildman–Crippen LogP) is 0.00240. The van der Waals surface area contributed by atoms with Gasteiger partial charge < -0.3 is 33.7 Å². The summed E-state index contributed by atoms with van der Waals surface area (Å²) >= 11 is 0. The van der Waals surface area contributed by atoms with Gasteiger partial charge in [-0.25, -0.2) is 0 Å². The van der Waals surface area contributed by atoms with Gasteiger partial charge in [0, 0.05) is 40.7 Å². The molecule has 0 aliphatic carbocycles. The molecule has 0 aromatic carbocycles. The van der Waals surface area contributed by atoms with Crippen molar-refractivity contribution < 1.29 is 52.4 Å². The highest BCUT2D eigenvalue weighted by atomic mass is 16.7. The summed E-state index contributed by atoms with van der Waals surface area (Å²) in [6, 6.07) is -1.02. The molecule has 0 spiro atoms. The molecule has 182 valence electrons. The number of carbonyl (C=O) groups excluding carboxylic acids is 5. The lowest BCUT2D eigenvalue weighted by molar-refractivity contribution is -0.277. The molecular weight excluding hydrogens is 430 g/mol. The van der Waals surface area contributed by atoms with Gasteiger partial charge in [-0.15, -0.1) is 0 Å². The Balaban J connectivity index is 3.07.